The first kappa shape index (κ1) is 10.9. The topological polar surface area (TPSA) is 44.0 Å². The Morgan fingerprint density at radius 2 is 2.33 bits per heavy atom. The quantitative estimate of drug-likeness (QED) is 0.649. The fourth-order valence-electron chi connectivity index (χ4n) is 0.717. The van der Waals surface area contributed by atoms with Gasteiger partial charge in [0.1, 0.15) is 0 Å². The number of allylic oxidation sites excluding steroid dienone is 3. The van der Waals surface area contributed by atoms with Crippen LogP contribution in [0.15, 0.2) is 23.8 Å². The van der Waals surface area contributed by atoms with Gasteiger partial charge in [0.2, 0.25) is 0 Å². The highest BCUT2D eigenvalue weighted by atomic mass is 16.3. The van der Waals surface area contributed by atoms with Gasteiger partial charge in [0.05, 0.1) is 12.2 Å². The van der Waals surface area contributed by atoms with Gasteiger partial charge < -0.3 is 5.11 Å². The van der Waals surface area contributed by atoms with E-state index < -0.39 is 6.10 Å². The van der Waals surface area contributed by atoms with E-state index in [0.717, 1.165) is 12.0 Å². The van der Waals surface area contributed by atoms with Gasteiger partial charge in [0.25, 0.3) is 0 Å². The Balaban J connectivity index is 3.77. The Morgan fingerprint density at radius 1 is 1.67 bits per heavy atom. The van der Waals surface area contributed by atoms with Gasteiger partial charge in [0.15, 0.2) is 0 Å². The molecular weight excluding hydrogens is 150 g/mol. The predicted octanol–water partition coefficient (Wildman–Crippen LogP) is 2.17. The zero-order chi connectivity index (χ0) is 9.40. The zero-order valence-electron chi connectivity index (χ0n) is 7.62. The SMILES string of the molecule is C/C(=C/C=C/C(C)O)CCC#N. The molecule has 0 fully saturated rings. The van der Waals surface area contributed by atoms with Crippen LogP contribution in [0.25, 0.3) is 0 Å². The molecule has 0 aromatic carbocycles. The van der Waals surface area contributed by atoms with Crippen LogP contribution in [0.2, 0.25) is 0 Å². The molecule has 2 heteroatoms. The molecule has 0 spiro atoms. The van der Waals surface area contributed by atoms with E-state index in [9.17, 15) is 0 Å². The first-order chi connectivity index (χ1) is 5.66. The molecule has 0 rings (SSSR count). The second-order valence-electron chi connectivity index (χ2n) is 2.80. The molecule has 0 aliphatic carbocycles. The van der Waals surface area contributed by atoms with Gasteiger partial charge >= 0.3 is 0 Å². The van der Waals surface area contributed by atoms with E-state index in [1.165, 1.54) is 0 Å². The maximum Gasteiger partial charge on any atom is 0.0695 e. The minimum Gasteiger partial charge on any atom is -0.389 e. The maximum absolute atomic E-state index is 8.87. The lowest BCUT2D eigenvalue weighted by atomic mass is 10.1. The lowest BCUT2D eigenvalue weighted by molar-refractivity contribution is 0.244. The van der Waals surface area contributed by atoms with Gasteiger partial charge in [-0.1, -0.05) is 23.8 Å². The number of nitrogens with zero attached hydrogens (tertiary/aromatic N) is 1. The minimum absolute atomic E-state index is 0.398. The molecule has 0 saturated carbocycles. The van der Waals surface area contributed by atoms with E-state index >= 15 is 0 Å². The van der Waals surface area contributed by atoms with Crippen molar-refractivity contribution < 1.29 is 5.11 Å². The summed E-state index contributed by atoms with van der Waals surface area (Å²) in [6.45, 7) is 3.68. The average molecular weight is 165 g/mol. The van der Waals surface area contributed by atoms with Crippen molar-refractivity contribution in [2.45, 2.75) is 32.8 Å². The highest BCUT2D eigenvalue weighted by Crippen LogP contribution is 2.02. The highest BCUT2D eigenvalue weighted by Gasteiger charge is 1.87. The van der Waals surface area contributed by atoms with Crippen LogP contribution in [-0.4, -0.2) is 11.2 Å². The van der Waals surface area contributed by atoms with Crippen molar-refractivity contribution in [1.29, 1.82) is 5.26 Å². The molecule has 2 nitrogen and oxygen atoms in total. The molecule has 0 aromatic rings. The summed E-state index contributed by atoms with van der Waals surface area (Å²) in [5.74, 6) is 0. The number of nitriles is 1. The lowest BCUT2D eigenvalue weighted by Crippen LogP contribution is -1.90. The molecule has 1 atom stereocenters. The van der Waals surface area contributed by atoms with Crippen LogP contribution in [0.1, 0.15) is 26.7 Å². The van der Waals surface area contributed by atoms with Gasteiger partial charge in [-0.15, -0.1) is 0 Å². The zero-order valence-corrected chi connectivity index (χ0v) is 7.62. The van der Waals surface area contributed by atoms with Crippen molar-refractivity contribution in [1.82, 2.24) is 0 Å². The summed E-state index contributed by atoms with van der Waals surface area (Å²) in [5.41, 5.74) is 1.16. The van der Waals surface area contributed by atoms with Crippen LogP contribution in [0.4, 0.5) is 0 Å². The molecule has 0 bridgehead atoms. The smallest absolute Gasteiger partial charge is 0.0695 e. The van der Waals surface area contributed by atoms with Crippen molar-refractivity contribution in [2.75, 3.05) is 0 Å². The van der Waals surface area contributed by atoms with Crippen molar-refractivity contribution in [3.05, 3.63) is 23.8 Å². The third-order valence-electron chi connectivity index (χ3n) is 1.40. The van der Waals surface area contributed by atoms with Crippen molar-refractivity contribution in [3.8, 4) is 6.07 Å². The van der Waals surface area contributed by atoms with E-state index in [1.807, 2.05) is 19.1 Å². The Kier molecular flexibility index (Phi) is 6.04. The summed E-state index contributed by atoms with van der Waals surface area (Å²) in [5, 5.41) is 17.2. The number of aliphatic hydroxyl groups excluding tert-OH is 1. The number of aliphatic hydroxyl groups is 1. The lowest BCUT2D eigenvalue weighted by Gasteiger charge is -1.93. The molecule has 0 aromatic heterocycles. The van der Waals surface area contributed by atoms with E-state index in [-0.39, 0.29) is 0 Å². The average Bonchev–Trinajstić information content (AvgIpc) is 2.00. The van der Waals surface area contributed by atoms with Crippen molar-refractivity contribution in [2.24, 2.45) is 0 Å². The number of hydrogen-bond acceptors (Lipinski definition) is 2. The third-order valence-corrected chi connectivity index (χ3v) is 1.40. The molecule has 1 unspecified atom stereocenters. The summed E-state index contributed by atoms with van der Waals surface area (Å²) in [4.78, 5) is 0. The molecule has 0 saturated heterocycles. The molecule has 0 radical (unpaired) electrons. The minimum atomic E-state index is -0.398. The van der Waals surface area contributed by atoms with Gasteiger partial charge in [-0.25, -0.2) is 0 Å². The van der Waals surface area contributed by atoms with Gasteiger partial charge in [0, 0.05) is 6.42 Å². The molecule has 66 valence electrons. The van der Waals surface area contributed by atoms with Gasteiger partial charge in [-0.2, -0.15) is 5.26 Å². The molecular formula is C10H15NO. The second kappa shape index (κ2) is 6.63. The number of hydrogen-bond donors (Lipinski definition) is 1. The summed E-state index contributed by atoms with van der Waals surface area (Å²) in [7, 11) is 0. The van der Waals surface area contributed by atoms with Gasteiger partial charge in [-0.3, -0.25) is 0 Å². The second-order valence-corrected chi connectivity index (χ2v) is 2.80. The summed E-state index contributed by atoms with van der Waals surface area (Å²) < 4.78 is 0. The first-order valence-corrected chi connectivity index (χ1v) is 4.05. The molecule has 0 heterocycles. The van der Waals surface area contributed by atoms with Crippen molar-refractivity contribution >= 4 is 0 Å². The van der Waals surface area contributed by atoms with Crippen molar-refractivity contribution in [3.63, 3.8) is 0 Å². The van der Waals surface area contributed by atoms with E-state index in [1.54, 1.807) is 13.0 Å². The molecule has 0 amide bonds. The molecule has 0 aliphatic heterocycles. The van der Waals surface area contributed by atoms with Crippen LogP contribution in [0.3, 0.4) is 0 Å². The van der Waals surface area contributed by atoms with E-state index in [2.05, 4.69) is 6.07 Å². The molecule has 0 aliphatic rings. The molecule has 12 heavy (non-hydrogen) atoms. The third kappa shape index (κ3) is 7.04. The Morgan fingerprint density at radius 3 is 2.83 bits per heavy atom. The van der Waals surface area contributed by atoms with E-state index in [0.29, 0.717) is 6.42 Å². The summed E-state index contributed by atoms with van der Waals surface area (Å²) >= 11 is 0. The monoisotopic (exact) mass is 165 g/mol. The van der Waals surface area contributed by atoms with Gasteiger partial charge in [-0.05, 0) is 20.3 Å². The standard InChI is InChI=1S/C10H15NO/c1-9(6-4-8-11)5-3-7-10(2)12/h3,5,7,10,12H,4,6H2,1-2H3/b7-3+,9-5-. The van der Waals surface area contributed by atoms with Crippen LogP contribution >= 0.6 is 0 Å². The van der Waals surface area contributed by atoms with Crippen LogP contribution in [0.5, 0.6) is 0 Å². The predicted molar refractivity (Wildman–Crippen MR) is 49.4 cm³/mol. The Hall–Kier alpha value is -1.07. The van der Waals surface area contributed by atoms with E-state index in [4.69, 9.17) is 10.4 Å². The summed E-state index contributed by atoms with van der Waals surface area (Å²) in [6, 6.07) is 2.08. The fraction of sp³-hybridized carbons (Fsp3) is 0.500. The Bertz CT molecular complexity index is 208. The number of rotatable bonds is 4. The van der Waals surface area contributed by atoms with Crippen LogP contribution in [0, 0.1) is 11.3 Å². The maximum atomic E-state index is 8.87. The Labute approximate surface area is 73.8 Å². The first-order valence-electron chi connectivity index (χ1n) is 4.05. The normalized spacial score (nSPS) is 14.7. The van der Waals surface area contributed by atoms with Crippen LogP contribution < -0.4 is 0 Å². The molecule has 1 N–H and O–H groups in total. The summed E-state index contributed by atoms with van der Waals surface area (Å²) in [6.07, 6.45) is 6.41. The highest BCUT2D eigenvalue weighted by molar-refractivity contribution is 5.11. The largest absolute Gasteiger partial charge is 0.389 e. The fourth-order valence-corrected chi connectivity index (χ4v) is 0.717. The van der Waals surface area contributed by atoms with Crippen LogP contribution in [-0.2, 0) is 0 Å².